The zero-order valence-corrected chi connectivity index (χ0v) is 18.3. The molecular weight excluding hydrogens is 426 g/mol. The molecule has 0 saturated carbocycles. The Morgan fingerprint density at radius 2 is 1.75 bits per heavy atom. The smallest absolute Gasteiger partial charge is 0.260 e. The van der Waals surface area contributed by atoms with Gasteiger partial charge in [-0.25, -0.2) is 0 Å². The van der Waals surface area contributed by atoms with Crippen LogP contribution in [0.5, 0.6) is 11.5 Å². The number of aromatic amines is 1. The van der Waals surface area contributed by atoms with Crippen molar-refractivity contribution in [1.29, 1.82) is 0 Å². The maximum Gasteiger partial charge on any atom is 0.260 e. The quantitative estimate of drug-likeness (QED) is 0.302. The van der Waals surface area contributed by atoms with Crippen LogP contribution in [0, 0.1) is 0 Å². The van der Waals surface area contributed by atoms with E-state index in [1.807, 2.05) is 30.3 Å². The molecule has 5 nitrogen and oxygen atoms in total. The number of hydrogen-bond donors (Lipinski definition) is 1. The largest absolute Gasteiger partial charge is 0.493 e. The van der Waals surface area contributed by atoms with E-state index in [0.29, 0.717) is 38.6 Å². The predicted molar refractivity (Wildman–Crippen MR) is 128 cm³/mol. The van der Waals surface area contributed by atoms with Gasteiger partial charge in [0, 0.05) is 27.1 Å². The van der Waals surface area contributed by atoms with Crippen LogP contribution in [-0.2, 0) is 0 Å². The van der Waals surface area contributed by atoms with Gasteiger partial charge in [0.2, 0.25) is 0 Å². The van der Waals surface area contributed by atoms with Crippen molar-refractivity contribution in [3.63, 3.8) is 0 Å². The van der Waals surface area contributed by atoms with Crippen LogP contribution in [0.2, 0.25) is 5.02 Å². The molecule has 6 heteroatoms. The highest BCUT2D eigenvalue weighted by atomic mass is 35.5. The van der Waals surface area contributed by atoms with E-state index in [-0.39, 0.29) is 5.56 Å². The number of hydrogen-bond acceptors (Lipinski definition) is 4. The van der Waals surface area contributed by atoms with E-state index in [1.54, 1.807) is 49.6 Å². The molecule has 1 heterocycles. The summed E-state index contributed by atoms with van der Waals surface area (Å²) in [5.41, 5.74) is 2.13. The van der Waals surface area contributed by atoms with Crippen molar-refractivity contribution in [2.75, 3.05) is 14.2 Å². The number of H-pyrrole nitrogens is 1. The number of fused-ring (bicyclic) bond motifs is 1. The maximum absolute atomic E-state index is 13.3. The zero-order chi connectivity index (χ0) is 22.7. The highest BCUT2D eigenvalue weighted by molar-refractivity contribution is 6.31. The summed E-state index contributed by atoms with van der Waals surface area (Å²) in [7, 11) is 3.07. The second-order valence-electron chi connectivity index (χ2n) is 7.04. The van der Waals surface area contributed by atoms with Gasteiger partial charge in [0.1, 0.15) is 0 Å². The molecule has 0 spiro atoms. The number of halogens is 1. The van der Waals surface area contributed by atoms with Gasteiger partial charge in [-0.1, -0.05) is 54.1 Å². The number of ketones is 1. The van der Waals surface area contributed by atoms with Gasteiger partial charge in [0.25, 0.3) is 5.56 Å². The first-order valence-electron chi connectivity index (χ1n) is 9.88. The topological polar surface area (TPSA) is 68.4 Å². The van der Waals surface area contributed by atoms with E-state index in [0.717, 1.165) is 5.56 Å². The van der Waals surface area contributed by atoms with Crippen LogP contribution in [0.25, 0.3) is 28.1 Å². The minimum absolute atomic E-state index is 0.0454. The predicted octanol–water partition coefficient (Wildman–Crippen LogP) is 5.76. The average molecular weight is 446 g/mol. The molecule has 0 radical (unpaired) electrons. The molecule has 1 aromatic heterocycles. The molecule has 0 saturated heterocycles. The minimum atomic E-state index is -0.467. The normalized spacial score (nSPS) is 11.1. The Morgan fingerprint density at radius 3 is 2.47 bits per heavy atom. The number of allylic oxidation sites excluding steroid dienone is 1. The minimum Gasteiger partial charge on any atom is -0.493 e. The highest BCUT2D eigenvalue weighted by Crippen LogP contribution is 2.33. The standard InChI is InChI=1S/C26H20ClNO4/c1-31-22-10-6-9-17(25(22)32-2)11-14-21(29)24-23(16-7-4-3-5-8-16)19-15-18(27)12-13-20(19)28-26(24)30/h3-15H,1-2H3,(H,28,30). The van der Waals surface area contributed by atoms with Gasteiger partial charge >= 0.3 is 0 Å². The molecule has 0 unspecified atom stereocenters. The summed E-state index contributed by atoms with van der Waals surface area (Å²) < 4.78 is 10.7. The van der Waals surface area contributed by atoms with Crippen LogP contribution in [-0.4, -0.2) is 25.0 Å². The molecule has 0 aliphatic carbocycles. The third-order valence-corrected chi connectivity index (χ3v) is 5.37. The third kappa shape index (κ3) is 4.03. The van der Waals surface area contributed by atoms with Crippen LogP contribution in [0.4, 0.5) is 0 Å². The molecule has 160 valence electrons. The number of nitrogens with one attached hydrogen (secondary N) is 1. The molecule has 0 amide bonds. The monoisotopic (exact) mass is 445 g/mol. The van der Waals surface area contributed by atoms with Gasteiger partial charge < -0.3 is 14.5 Å². The fourth-order valence-corrected chi connectivity index (χ4v) is 3.87. The van der Waals surface area contributed by atoms with Gasteiger partial charge in [0.05, 0.1) is 19.8 Å². The SMILES string of the molecule is COc1cccc(C=CC(=O)c2c(-c3ccccc3)c3cc(Cl)ccc3[nH]c2=O)c1OC. The second-order valence-corrected chi connectivity index (χ2v) is 7.48. The number of pyridine rings is 1. The van der Waals surface area contributed by atoms with E-state index in [9.17, 15) is 9.59 Å². The lowest BCUT2D eigenvalue weighted by Gasteiger charge is -2.12. The maximum atomic E-state index is 13.3. The van der Waals surface area contributed by atoms with E-state index in [4.69, 9.17) is 21.1 Å². The van der Waals surface area contributed by atoms with Crippen LogP contribution >= 0.6 is 11.6 Å². The molecule has 32 heavy (non-hydrogen) atoms. The van der Waals surface area contributed by atoms with Crippen molar-refractivity contribution >= 4 is 34.4 Å². The van der Waals surface area contributed by atoms with E-state index in [2.05, 4.69) is 4.98 Å². The lowest BCUT2D eigenvalue weighted by Crippen LogP contribution is -2.18. The molecule has 4 rings (SSSR count). The molecule has 0 bridgehead atoms. The van der Waals surface area contributed by atoms with E-state index >= 15 is 0 Å². The summed E-state index contributed by atoms with van der Waals surface area (Å²) in [4.78, 5) is 29.1. The second kappa shape index (κ2) is 9.12. The van der Waals surface area contributed by atoms with E-state index in [1.165, 1.54) is 13.2 Å². The Hall–Kier alpha value is -3.83. The Kier molecular flexibility index (Phi) is 6.10. The molecule has 0 aliphatic rings. The van der Waals surface area contributed by atoms with Crippen LogP contribution < -0.4 is 15.0 Å². The van der Waals surface area contributed by atoms with Crippen molar-refractivity contribution in [2.24, 2.45) is 0 Å². The van der Waals surface area contributed by atoms with Crippen molar-refractivity contribution < 1.29 is 14.3 Å². The number of para-hydroxylation sites is 1. The summed E-state index contributed by atoms with van der Waals surface area (Å²) in [6, 6.07) is 19.9. The highest BCUT2D eigenvalue weighted by Gasteiger charge is 2.19. The number of aromatic nitrogens is 1. The van der Waals surface area contributed by atoms with Crippen molar-refractivity contribution in [2.45, 2.75) is 0 Å². The summed E-state index contributed by atoms with van der Waals surface area (Å²) in [5.74, 6) is 0.614. The summed E-state index contributed by atoms with van der Waals surface area (Å²) in [6.07, 6.45) is 2.98. The number of carbonyl (C=O) groups is 1. The van der Waals surface area contributed by atoms with Gasteiger partial charge in [-0.3, -0.25) is 9.59 Å². The van der Waals surface area contributed by atoms with Gasteiger partial charge in [-0.2, -0.15) is 0 Å². The molecule has 3 aromatic carbocycles. The lowest BCUT2D eigenvalue weighted by atomic mass is 9.94. The van der Waals surface area contributed by atoms with Crippen LogP contribution in [0.15, 0.2) is 77.6 Å². The number of benzene rings is 3. The van der Waals surface area contributed by atoms with Gasteiger partial charge in [0.15, 0.2) is 17.3 Å². The van der Waals surface area contributed by atoms with Crippen LogP contribution in [0.3, 0.4) is 0 Å². The van der Waals surface area contributed by atoms with Crippen LogP contribution in [0.1, 0.15) is 15.9 Å². The zero-order valence-electron chi connectivity index (χ0n) is 17.5. The number of rotatable bonds is 6. The first-order chi connectivity index (χ1) is 15.5. The van der Waals surface area contributed by atoms with Gasteiger partial charge in [-0.15, -0.1) is 0 Å². The molecular formula is C26H20ClNO4. The van der Waals surface area contributed by atoms with Crippen molar-refractivity contribution in [3.05, 3.63) is 99.3 Å². The third-order valence-electron chi connectivity index (χ3n) is 5.13. The van der Waals surface area contributed by atoms with Crippen molar-refractivity contribution in [3.8, 4) is 22.6 Å². The molecule has 0 atom stereocenters. The Bertz CT molecular complexity index is 1390. The molecule has 4 aromatic rings. The number of methoxy groups -OCH3 is 2. The lowest BCUT2D eigenvalue weighted by molar-refractivity contribution is 0.104. The Morgan fingerprint density at radius 1 is 0.969 bits per heavy atom. The molecule has 0 fully saturated rings. The summed E-state index contributed by atoms with van der Waals surface area (Å²) in [6.45, 7) is 0. The molecule has 1 N–H and O–H groups in total. The average Bonchev–Trinajstić information content (AvgIpc) is 2.82. The van der Waals surface area contributed by atoms with E-state index < -0.39 is 11.3 Å². The van der Waals surface area contributed by atoms with Crippen molar-refractivity contribution in [1.82, 2.24) is 4.98 Å². The first-order valence-corrected chi connectivity index (χ1v) is 10.3. The molecule has 0 aliphatic heterocycles. The van der Waals surface area contributed by atoms with Gasteiger partial charge in [-0.05, 0) is 42.0 Å². The fraction of sp³-hybridized carbons (Fsp3) is 0.0769. The fourth-order valence-electron chi connectivity index (χ4n) is 3.70. The Balaban J connectivity index is 1.90. The number of ether oxygens (including phenoxy) is 2. The summed E-state index contributed by atoms with van der Waals surface area (Å²) in [5, 5.41) is 1.20. The Labute approximate surface area is 189 Å². The first kappa shape index (κ1) is 21.4. The summed E-state index contributed by atoms with van der Waals surface area (Å²) >= 11 is 6.24. The number of carbonyl (C=O) groups excluding carboxylic acids is 1.